The normalized spacial score (nSPS) is 15.5. The fourth-order valence-corrected chi connectivity index (χ4v) is 5.80. The lowest BCUT2D eigenvalue weighted by molar-refractivity contribution is -0.964. The summed E-state index contributed by atoms with van der Waals surface area (Å²) in [7, 11) is 0. The van der Waals surface area contributed by atoms with Crippen LogP contribution in [0, 0.1) is 0 Å². The van der Waals surface area contributed by atoms with Crippen LogP contribution in [0.4, 0.5) is 0 Å². The Morgan fingerprint density at radius 2 is 0.900 bits per heavy atom. The summed E-state index contributed by atoms with van der Waals surface area (Å²) in [5.41, 5.74) is 0. The molecule has 234 valence electrons. The summed E-state index contributed by atoms with van der Waals surface area (Å²) in [6.07, 6.45) is 29.7. The van der Waals surface area contributed by atoms with Gasteiger partial charge < -0.3 is 20.1 Å². The molecule has 2 N–H and O–H groups in total. The minimum Gasteiger partial charge on any atom is -0.544 e. The predicted molar refractivity (Wildman–Crippen MR) is 161 cm³/mol. The molecule has 0 bridgehead atoms. The van der Waals surface area contributed by atoms with Gasteiger partial charge in [0.15, 0.2) is 12.1 Å². The molecule has 0 radical (unpaired) electrons. The first-order valence-corrected chi connectivity index (χ1v) is 16.3. The largest absolute Gasteiger partial charge is 0.544 e. The van der Waals surface area contributed by atoms with Gasteiger partial charge in [-0.1, -0.05) is 129 Å². The van der Waals surface area contributed by atoms with Gasteiger partial charge in [-0.05, 0) is 39.7 Å². The SMILES string of the molecule is CCCCCCCCCCCCCCCCCCCCC/C=C/C[N+](C(C)C(=O)[O-])(C(C)C(=O)O)C(C)C(=O)O. The van der Waals surface area contributed by atoms with Crippen LogP contribution in [0.1, 0.15) is 156 Å². The van der Waals surface area contributed by atoms with Crippen molar-refractivity contribution < 1.29 is 34.2 Å². The number of quaternary nitrogens is 1. The summed E-state index contributed by atoms with van der Waals surface area (Å²) in [5.74, 6) is -3.91. The van der Waals surface area contributed by atoms with E-state index in [1.807, 2.05) is 6.08 Å². The van der Waals surface area contributed by atoms with Crippen LogP contribution in [0.5, 0.6) is 0 Å². The molecule has 0 saturated carbocycles. The van der Waals surface area contributed by atoms with Gasteiger partial charge in [0.05, 0.1) is 12.5 Å². The first-order chi connectivity index (χ1) is 19.1. The molecule has 0 aromatic heterocycles. The highest BCUT2D eigenvalue weighted by Crippen LogP contribution is 2.26. The third-order valence-corrected chi connectivity index (χ3v) is 8.78. The molecule has 0 aliphatic carbocycles. The van der Waals surface area contributed by atoms with E-state index in [4.69, 9.17) is 0 Å². The molecule has 0 spiro atoms. The number of hydrogen-bond donors (Lipinski definition) is 2. The van der Waals surface area contributed by atoms with Crippen LogP contribution in [0.25, 0.3) is 0 Å². The van der Waals surface area contributed by atoms with Crippen LogP contribution in [0.2, 0.25) is 0 Å². The van der Waals surface area contributed by atoms with Crippen LogP contribution < -0.4 is 5.11 Å². The Hall–Kier alpha value is -1.89. The average molecular weight is 568 g/mol. The molecule has 0 aromatic rings. The fraction of sp³-hybridized carbons (Fsp3) is 0.848. The van der Waals surface area contributed by atoms with Crippen LogP contribution in [0.15, 0.2) is 12.2 Å². The second-order valence-corrected chi connectivity index (χ2v) is 11.8. The van der Waals surface area contributed by atoms with Crippen molar-refractivity contribution in [3.05, 3.63) is 12.2 Å². The Kier molecular flexibility index (Phi) is 22.7. The number of carboxylic acid groups (broad SMARTS) is 3. The smallest absolute Gasteiger partial charge is 0.362 e. The molecule has 0 aliphatic rings. The first-order valence-electron chi connectivity index (χ1n) is 16.3. The molecule has 0 amide bonds. The van der Waals surface area contributed by atoms with Crippen molar-refractivity contribution in [3.8, 4) is 0 Å². The Morgan fingerprint density at radius 1 is 0.575 bits per heavy atom. The van der Waals surface area contributed by atoms with E-state index in [-0.39, 0.29) is 6.54 Å². The van der Waals surface area contributed by atoms with Crippen molar-refractivity contribution in [1.82, 2.24) is 0 Å². The van der Waals surface area contributed by atoms with E-state index >= 15 is 0 Å². The third-order valence-electron chi connectivity index (χ3n) is 8.78. The van der Waals surface area contributed by atoms with E-state index in [9.17, 15) is 29.7 Å². The number of carbonyl (C=O) groups is 3. The topological polar surface area (TPSA) is 115 Å². The highest BCUT2D eigenvalue weighted by molar-refractivity contribution is 5.77. The highest BCUT2D eigenvalue weighted by atomic mass is 16.4. The van der Waals surface area contributed by atoms with Crippen molar-refractivity contribution in [2.45, 2.75) is 174 Å². The zero-order chi connectivity index (χ0) is 30.2. The van der Waals surface area contributed by atoms with Gasteiger partial charge in [-0.25, -0.2) is 9.59 Å². The molecule has 0 rings (SSSR count). The van der Waals surface area contributed by atoms with E-state index in [2.05, 4.69) is 6.92 Å². The summed E-state index contributed by atoms with van der Waals surface area (Å²) >= 11 is 0. The number of aliphatic carboxylic acids is 3. The lowest BCUT2D eigenvalue weighted by Gasteiger charge is -2.48. The number of hydrogen-bond acceptors (Lipinski definition) is 4. The minimum atomic E-state index is -1.45. The van der Waals surface area contributed by atoms with Crippen LogP contribution in [-0.4, -0.2) is 57.3 Å². The molecular weight excluding hydrogens is 506 g/mol. The molecule has 7 nitrogen and oxygen atoms in total. The number of allylic oxidation sites excluding steroid dienone is 1. The van der Waals surface area contributed by atoms with Crippen LogP contribution >= 0.6 is 0 Å². The summed E-state index contributed by atoms with van der Waals surface area (Å²) in [6, 6.07) is -3.70. The maximum Gasteiger partial charge on any atom is 0.362 e. The Labute approximate surface area is 245 Å². The molecule has 0 saturated heterocycles. The lowest BCUT2D eigenvalue weighted by atomic mass is 10.0. The molecule has 0 heterocycles. The fourth-order valence-electron chi connectivity index (χ4n) is 5.80. The van der Waals surface area contributed by atoms with E-state index in [1.54, 1.807) is 6.08 Å². The van der Waals surface area contributed by atoms with Crippen LogP contribution in [0.3, 0.4) is 0 Å². The average Bonchev–Trinajstić information content (AvgIpc) is 2.92. The minimum absolute atomic E-state index is 0.00913. The third kappa shape index (κ3) is 15.8. The van der Waals surface area contributed by atoms with Crippen molar-refractivity contribution in [3.63, 3.8) is 0 Å². The van der Waals surface area contributed by atoms with Crippen molar-refractivity contribution in [2.75, 3.05) is 6.54 Å². The molecule has 0 aliphatic heterocycles. The van der Waals surface area contributed by atoms with Gasteiger partial charge in [0.1, 0.15) is 6.04 Å². The molecule has 3 atom stereocenters. The maximum absolute atomic E-state index is 11.8. The molecule has 3 unspecified atom stereocenters. The summed E-state index contributed by atoms with van der Waals surface area (Å²) < 4.78 is -0.622. The van der Waals surface area contributed by atoms with Crippen molar-refractivity contribution in [2.24, 2.45) is 0 Å². The van der Waals surface area contributed by atoms with E-state index in [0.29, 0.717) is 0 Å². The Balaban J connectivity index is 4.03. The highest BCUT2D eigenvalue weighted by Gasteiger charge is 2.50. The number of nitrogens with zero attached hydrogens (tertiary/aromatic N) is 1. The van der Waals surface area contributed by atoms with E-state index in [0.717, 1.165) is 19.3 Å². The zero-order valence-corrected chi connectivity index (χ0v) is 26.2. The summed E-state index contributed by atoms with van der Waals surface area (Å²) in [4.78, 5) is 35.2. The van der Waals surface area contributed by atoms with Gasteiger partial charge in [0.25, 0.3) is 0 Å². The second kappa shape index (κ2) is 23.8. The van der Waals surface area contributed by atoms with Gasteiger partial charge in [0, 0.05) is 0 Å². The molecular formula is C33H61NO6. The Morgan fingerprint density at radius 3 is 1.20 bits per heavy atom. The van der Waals surface area contributed by atoms with Gasteiger partial charge in [-0.15, -0.1) is 0 Å². The lowest BCUT2D eigenvalue weighted by Crippen LogP contribution is -2.71. The summed E-state index contributed by atoms with van der Waals surface area (Å²) in [6.45, 7) is 6.35. The standard InChI is InChI=1S/C33H61NO6/c1-5-6-7-8-9-10-11-12-13-14-15-16-17-18-19-20-21-22-23-24-25-26-27-34(28(2)31(35)36,29(3)32(37)38)30(4)33(39)40/h25-26,28-30H,5-24,27H2,1-4H3,(H2-,35,36,37,38,39,40)/b26-25+. The van der Waals surface area contributed by atoms with Gasteiger partial charge >= 0.3 is 11.9 Å². The second-order valence-electron chi connectivity index (χ2n) is 11.8. The Bertz CT molecular complexity index is 657. The number of rotatable bonds is 28. The number of carbonyl (C=O) groups excluding carboxylic acids is 1. The molecule has 0 aromatic carbocycles. The molecule has 7 heteroatoms. The van der Waals surface area contributed by atoms with Crippen LogP contribution in [-0.2, 0) is 14.4 Å². The van der Waals surface area contributed by atoms with Gasteiger partial charge in [-0.2, -0.15) is 0 Å². The predicted octanol–water partition coefficient (Wildman–Crippen LogP) is 7.27. The number of unbranched alkanes of at least 4 members (excludes halogenated alkanes) is 19. The monoisotopic (exact) mass is 567 g/mol. The first kappa shape index (κ1) is 38.1. The van der Waals surface area contributed by atoms with E-state index in [1.165, 1.54) is 130 Å². The summed E-state index contributed by atoms with van der Waals surface area (Å²) in [5, 5.41) is 30.9. The van der Waals surface area contributed by atoms with Crippen molar-refractivity contribution >= 4 is 17.9 Å². The van der Waals surface area contributed by atoms with Gasteiger partial charge in [-0.3, -0.25) is 4.48 Å². The molecule has 40 heavy (non-hydrogen) atoms. The number of carboxylic acids is 3. The van der Waals surface area contributed by atoms with E-state index < -0.39 is 40.5 Å². The quantitative estimate of drug-likeness (QED) is 0.0584. The van der Waals surface area contributed by atoms with Crippen molar-refractivity contribution in [1.29, 1.82) is 0 Å². The zero-order valence-electron chi connectivity index (χ0n) is 26.2. The maximum atomic E-state index is 11.8. The molecule has 0 fully saturated rings. The van der Waals surface area contributed by atoms with Gasteiger partial charge in [0.2, 0.25) is 0 Å².